The number of nitrogens with one attached hydrogen (secondary N) is 3. The van der Waals surface area contributed by atoms with Gasteiger partial charge in [-0.2, -0.15) is 0 Å². The first-order valence-electron chi connectivity index (χ1n) is 16.2. The summed E-state index contributed by atoms with van der Waals surface area (Å²) in [7, 11) is 0. The third kappa shape index (κ3) is 10.4. The van der Waals surface area contributed by atoms with Crippen molar-refractivity contribution in [1.29, 1.82) is 0 Å². The van der Waals surface area contributed by atoms with Crippen molar-refractivity contribution in [3.63, 3.8) is 0 Å². The summed E-state index contributed by atoms with van der Waals surface area (Å²) in [6.45, 7) is 11.2. The molecule has 260 valence electrons. The molecule has 0 aromatic rings. The van der Waals surface area contributed by atoms with E-state index in [1.54, 1.807) is 27.7 Å². The normalized spacial score (nSPS) is 20.7. The number of likely N-dealkylation sites (tertiary alicyclic amines) is 2. The van der Waals surface area contributed by atoms with E-state index in [1.165, 1.54) is 4.90 Å². The summed E-state index contributed by atoms with van der Waals surface area (Å²) >= 11 is 0. The van der Waals surface area contributed by atoms with Crippen LogP contribution in [-0.4, -0.2) is 111 Å². The van der Waals surface area contributed by atoms with Crippen LogP contribution in [0.4, 0.5) is 0 Å². The average molecular weight is 653 g/mol. The highest BCUT2D eigenvalue weighted by Gasteiger charge is 2.42. The van der Waals surface area contributed by atoms with Gasteiger partial charge in [-0.15, -0.1) is 0 Å². The standard InChI is InChI=1S/C31H52N6O9/c1-16(2)15-20(34-28(42)24(32)17(3)4)26(40)35-25(18(5)6)30(44)36-13-7-9-21(36)27(41)33-19(11-12-23(38)39)29(43)37-14-8-10-22(37)31(45)46/h16-22,24-25H,7-15,32H2,1-6H3,(H,33,41)(H,34,42)(H,35,40)(H,38,39)(H,45,46)/t19-,20-,21-,22-,24-,25-/m0/s1. The number of aliphatic carboxylic acids is 2. The quantitative estimate of drug-likeness (QED) is 0.131. The van der Waals surface area contributed by atoms with Gasteiger partial charge < -0.3 is 41.7 Å². The second-order valence-corrected chi connectivity index (χ2v) is 13.4. The third-order valence-electron chi connectivity index (χ3n) is 8.51. The molecule has 7 N–H and O–H groups in total. The second kappa shape index (κ2) is 17.2. The zero-order valence-corrected chi connectivity index (χ0v) is 27.8. The maximum atomic E-state index is 13.9. The number of carbonyl (C=O) groups excluding carboxylic acids is 5. The molecule has 0 bridgehead atoms. The minimum absolute atomic E-state index is 0.0364. The van der Waals surface area contributed by atoms with E-state index < -0.39 is 84.1 Å². The maximum absolute atomic E-state index is 13.9. The molecule has 0 aromatic carbocycles. The first-order chi connectivity index (χ1) is 21.5. The monoisotopic (exact) mass is 652 g/mol. The fourth-order valence-electron chi connectivity index (χ4n) is 5.80. The number of rotatable bonds is 16. The Hall–Kier alpha value is -3.75. The molecule has 15 heteroatoms. The van der Waals surface area contributed by atoms with Crippen molar-refractivity contribution >= 4 is 41.5 Å². The molecule has 2 saturated heterocycles. The lowest BCUT2D eigenvalue weighted by Crippen LogP contribution is -2.60. The average Bonchev–Trinajstić information content (AvgIpc) is 3.66. The first kappa shape index (κ1) is 38.4. The predicted octanol–water partition coefficient (Wildman–Crippen LogP) is 0.0576. The Morgan fingerprint density at radius 1 is 0.739 bits per heavy atom. The Bertz CT molecular complexity index is 1140. The molecule has 2 aliphatic rings. The van der Waals surface area contributed by atoms with Gasteiger partial charge in [0.2, 0.25) is 29.5 Å². The van der Waals surface area contributed by atoms with Gasteiger partial charge in [-0.3, -0.25) is 28.8 Å². The van der Waals surface area contributed by atoms with Crippen LogP contribution in [0.1, 0.15) is 86.5 Å². The topological polar surface area (TPSA) is 229 Å². The number of hydrogen-bond acceptors (Lipinski definition) is 8. The van der Waals surface area contributed by atoms with Gasteiger partial charge in [0, 0.05) is 19.5 Å². The molecule has 2 fully saturated rings. The second-order valence-electron chi connectivity index (χ2n) is 13.4. The summed E-state index contributed by atoms with van der Waals surface area (Å²) in [6.07, 6.45) is 1.08. The third-order valence-corrected chi connectivity index (χ3v) is 8.51. The first-order valence-corrected chi connectivity index (χ1v) is 16.2. The van der Waals surface area contributed by atoms with E-state index in [1.807, 2.05) is 13.8 Å². The van der Waals surface area contributed by atoms with E-state index in [2.05, 4.69) is 16.0 Å². The fourth-order valence-corrected chi connectivity index (χ4v) is 5.80. The molecule has 0 radical (unpaired) electrons. The molecule has 15 nitrogen and oxygen atoms in total. The van der Waals surface area contributed by atoms with Gasteiger partial charge in [0.05, 0.1) is 6.04 Å². The smallest absolute Gasteiger partial charge is 0.326 e. The van der Waals surface area contributed by atoms with Gasteiger partial charge in [0.25, 0.3) is 0 Å². The Labute approximate surface area is 270 Å². The van der Waals surface area contributed by atoms with Crippen molar-refractivity contribution in [2.75, 3.05) is 13.1 Å². The van der Waals surface area contributed by atoms with Gasteiger partial charge in [-0.05, 0) is 56.3 Å². The number of nitrogens with zero attached hydrogens (tertiary/aromatic N) is 2. The van der Waals surface area contributed by atoms with Crippen LogP contribution in [0.5, 0.6) is 0 Å². The maximum Gasteiger partial charge on any atom is 0.326 e. The summed E-state index contributed by atoms with van der Waals surface area (Å²) in [5, 5.41) is 26.9. The van der Waals surface area contributed by atoms with Crippen molar-refractivity contribution in [2.45, 2.75) is 123 Å². The Kier molecular flexibility index (Phi) is 14.4. The van der Waals surface area contributed by atoms with Gasteiger partial charge in [-0.1, -0.05) is 41.5 Å². The Morgan fingerprint density at radius 2 is 1.30 bits per heavy atom. The molecule has 2 heterocycles. The molecule has 0 saturated carbocycles. The zero-order chi connectivity index (χ0) is 34.9. The van der Waals surface area contributed by atoms with Crippen LogP contribution in [0.25, 0.3) is 0 Å². The lowest BCUT2D eigenvalue weighted by molar-refractivity contribution is -0.150. The largest absolute Gasteiger partial charge is 0.481 e. The number of carbonyl (C=O) groups is 7. The van der Waals surface area contributed by atoms with Crippen molar-refractivity contribution in [3.05, 3.63) is 0 Å². The number of nitrogens with two attached hydrogens (primary N) is 1. The molecule has 2 rings (SSSR count). The molecule has 2 aliphatic heterocycles. The van der Waals surface area contributed by atoms with Gasteiger partial charge in [0.1, 0.15) is 30.2 Å². The van der Waals surface area contributed by atoms with E-state index in [9.17, 15) is 43.8 Å². The molecule has 0 aliphatic carbocycles. The van der Waals surface area contributed by atoms with Gasteiger partial charge in [-0.25, -0.2) is 4.79 Å². The summed E-state index contributed by atoms with van der Waals surface area (Å²) in [6, 6.07) is -6.14. The van der Waals surface area contributed by atoms with E-state index in [-0.39, 0.29) is 50.1 Å². The van der Waals surface area contributed by atoms with Crippen molar-refractivity contribution in [2.24, 2.45) is 23.5 Å². The molecule has 0 unspecified atom stereocenters. The fraction of sp³-hybridized carbons (Fsp3) is 0.774. The van der Waals surface area contributed by atoms with Gasteiger partial charge in [0.15, 0.2) is 0 Å². The number of amides is 5. The lowest BCUT2D eigenvalue weighted by Gasteiger charge is -2.33. The number of carboxylic acids is 2. The summed E-state index contributed by atoms with van der Waals surface area (Å²) in [5.41, 5.74) is 5.98. The zero-order valence-electron chi connectivity index (χ0n) is 27.8. The highest BCUT2D eigenvalue weighted by Crippen LogP contribution is 2.23. The molecule has 5 amide bonds. The number of carboxylic acid groups (broad SMARTS) is 2. The molecular weight excluding hydrogens is 600 g/mol. The van der Waals surface area contributed by atoms with E-state index in [0.717, 1.165) is 4.90 Å². The molecule has 0 aromatic heterocycles. The van der Waals surface area contributed by atoms with Crippen LogP contribution >= 0.6 is 0 Å². The summed E-state index contributed by atoms with van der Waals surface area (Å²) in [4.78, 5) is 92.4. The van der Waals surface area contributed by atoms with Crippen LogP contribution in [0, 0.1) is 17.8 Å². The van der Waals surface area contributed by atoms with Crippen LogP contribution < -0.4 is 21.7 Å². The van der Waals surface area contributed by atoms with Crippen molar-refractivity contribution < 1.29 is 43.8 Å². The molecule has 0 spiro atoms. The van der Waals surface area contributed by atoms with E-state index in [4.69, 9.17) is 5.73 Å². The van der Waals surface area contributed by atoms with Crippen LogP contribution in [0.2, 0.25) is 0 Å². The highest BCUT2D eigenvalue weighted by atomic mass is 16.4. The van der Waals surface area contributed by atoms with Gasteiger partial charge >= 0.3 is 11.9 Å². The van der Waals surface area contributed by atoms with E-state index >= 15 is 0 Å². The molecular formula is C31H52N6O9. The van der Waals surface area contributed by atoms with Crippen molar-refractivity contribution in [1.82, 2.24) is 25.8 Å². The lowest BCUT2D eigenvalue weighted by atomic mass is 9.98. The minimum Gasteiger partial charge on any atom is -0.481 e. The highest BCUT2D eigenvalue weighted by molar-refractivity contribution is 5.97. The Balaban J connectivity index is 2.23. The Morgan fingerprint density at radius 3 is 1.80 bits per heavy atom. The van der Waals surface area contributed by atoms with Crippen molar-refractivity contribution in [3.8, 4) is 0 Å². The number of hydrogen-bond donors (Lipinski definition) is 6. The molecule has 6 atom stereocenters. The van der Waals surface area contributed by atoms with Crippen LogP contribution in [-0.2, 0) is 33.6 Å². The minimum atomic E-state index is -1.29. The van der Waals surface area contributed by atoms with Crippen LogP contribution in [0.3, 0.4) is 0 Å². The predicted molar refractivity (Wildman–Crippen MR) is 167 cm³/mol. The summed E-state index contributed by atoms with van der Waals surface area (Å²) in [5.74, 6) is -5.75. The summed E-state index contributed by atoms with van der Waals surface area (Å²) < 4.78 is 0. The van der Waals surface area contributed by atoms with E-state index in [0.29, 0.717) is 19.3 Å². The SMILES string of the molecule is CC(C)C[C@H](NC(=O)[C@@H](N)C(C)C)C(=O)N[C@H](C(=O)N1CCC[C@H]1C(=O)N[C@@H](CCC(=O)O)C(=O)N1CCC[C@H]1C(=O)O)C(C)C. The van der Waals surface area contributed by atoms with Crippen LogP contribution in [0.15, 0.2) is 0 Å². The molecule has 46 heavy (non-hydrogen) atoms.